The summed E-state index contributed by atoms with van der Waals surface area (Å²) in [5.74, 6) is -14.5. The minimum absolute atomic E-state index is 0.0262. The SMILES string of the molecule is CNC(=O)COCC(=O)NCCOCCOCCOCCNC(=O)[C@@H]1CSCC(=O)N[C@@H](CCCCNC(=O)COCC(=O)NCCOCCOCCOCCOCCOCCNC(=O)CONC(=O)OC(C)(C)C)C(=O)N[C@@H](CS)C(=O)N[C@@H](CCCN=C(N)N)C(=O)NCC(=O)N[C@@H](CC(=O)O)C(=O)N[C@@H](CS)C(=O)N[C@@H](Cc2ccccc2)C(=O)N1. The summed E-state index contributed by atoms with van der Waals surface area (Å²) in [4.78, 5) is 219. The predicted molar refractivity (Wildman–Crippen MR) is 450 cm³/mol. The van der Waals surface area contributed by atoms with Crippen molar-refractivity contribution in [1.82, 2.24) is 79.9 Å². The number of guanidine groups is 1. The normalized spacial score (nSPS) is 18.0. The van der Waals surface area contributed by atoms with Crippen molar-refractivity contribution in [2.75, 3.05) is 215 Å². The molecule has 1 heterocycles. The molecule has 0 saturated carbocycles. The van der Waals surface area contributed by atoms with Crippen LogP contribution in [0.25, 0.3) is 0 Å². The fourth-order valence-corrected chi connectivity index (χ4v) is 11.4. The number of aliphatic imine (C=N–C) groups is 1. The number of nitrogens with one attached hydrogen (secondary N) is 15. The molecule has 1 fully saturated rings. The van der Waals surface area contributed by atoms with Crippen LogP contribution < -0.4 is 91.4 Å². The number of amides is 15. The van der Waals surface area contributed by atoms with Crippen LogP contribution in [0.3, 0.4) is 0 Å². The van der Waals surface area contributed by atoms with Crippen LogP contribution in [0.2, 0.25) is 0 Å². The minimum atomic E-state index is -1.88. The van der Waals surface area contributed by atoms with E-state index in [1.165, 1.54) is 7.05 Å². The van der Waals surface area contributed by atoms with Gasteiger partial charge < -0.3 is 143 Å². The average Bonchev–Trinajstić information content (AvgIpc) is 0.902. The number of carboxylic acids is 1. The summed E-state index contributed by atoms with van der Waals surface area (Å²) in [5, 5.41) is 45.1. The van der Waals surface area contributed by atoms with Gasteiger partial charge in [-0.2, -0.15) is 30.7 Å². The quantitative estimate of drug-likeness (QED) is 0.00947. The molecule has 702 valence electrons. The van der Waals surface area contributed by atoms with Crippen LogP contribution >= 0.6 is 37.0 Å². The van der Waals surface area contributed by atoms with Gasteiger partial charge in [0.25, 0.3) is 0 Å². The Hall–Kier alpha value is -9.58. The molecule has 47 nitrogen and oxygen atoms in total. The number of hydroxylamine groups is 1. The summed E-state index contributed by atoms with van der Waals surface area (Å²) in [6.45, 7) is 5.95. The summed E-state index contributed by atoms with van der Waals surface area (Å²) in [7, 11) is 1.44. The summed E-state index contributed by atoms with van der Waals surface area (Å²) in [6.07, 6.45) is -1.94. The number of ether oxygens (including phenoxy) is 11. The van der Waals surface area contributed by atoms with Crippen molar-refractivity contribution >= 4 is 138 Å². The molecule has 1 aliphatic rings. The third kappa shape index (κ3) is 57.8. The van der Waals surface area contributed by atoms with Crippen LogP contribution in [-0.4, -0.2) is 368 Å². The Labute approximate surface area is 733 Å². The van der Waals surface area contributed by atoms with E-state index in [9.17, 15) is 81.8 Å². The van der Waals surface area contributed by atoms with Gasteiger partial charge in [0.2, 0.25) is 82.7 Å². The van der Waals surface area contributed by atoms with Crippen LogP contribution in [-0.2, 0) is 135 Å². The Morgan fingerprint density at radius 3 is 1.36 bits per heavy atom. The molecule has 0 aromatic heterocycles. The lowest BCUT2D eigenvalue weighted by molar-refractivity contribution is -0.141. The van der Waals surface area contributed by atoms with Crippen LogP contribution in [0.4, 0.5) is 4.79 Å². The van der Waals surface area contributed by atoms with Crippen molar-refractivity contribution in [2.45, 2.75) is 114 Å². The van der Waals surface area contributed by atoms with E-state index in [2.05, 4.69) is 105 Å². The smallest absolute Gasteiger partial charge is 0.431 e. The van der Waals surface area contributed by atoms with E-state index in [-0.39, 0.29) is 187 Å². The highest BCUT2D eigenvalue weighted by Crippen LogP contribution is 2.12. The maximum atomic E-state index is 14.6. The lowest BCUT2D eigenvalue weighted by Gasteiger charge is -2.26. The number of carbonyl (C=O) groups excluding carboxylic acids is 15. The first-order valence-corrected chi connectivity index (χ1v) is 42.3. The first-order chi connectivity index (χ1) is 59.4. The summed E-state index contributed by atoms with van der Waals surface area (Å²) in [5.41, 5.74) is 12.8. The van der Waals surface area contributed by atoms with Crippen LogP contribution in [0.15, 0.2) is 35.3 Å². The Kier molecular flexibility index (Phi) is 61.2. The highest BCUT2D eigenvalue weighted by atomic mass is 32.2. The van der Waals surface area contributed by atoms with Gasteiger partial charge in [-0.05, 0) is 58.4 Å². The molecule has 7 atom stereocenters. The van der Waals surface area contributed by atoms with Crippen molar-refractivity contribution in [3.63, 3.8) is 0 Å². The van der Waals surface area contributed by atoms with E-state index < -0.39 is 181 Å². The van der Waals surface area contributed by atoms with Crippen molar-refractivity contribution in [3.8, 4) is 0 Å². The second kappa shape index (κ2) is 68.7. The molecule has 1 aliphatic heterocycles. The van der Waals surface area contributed by atoms with Gasteiger partial charge in [0.15, 0.2) is 12.6 Å². The number of rotatable bonds is 57. The number of carboxylic acid groups (broad SMARTS) is 1. The number of hydrogen-bond acceptors (Lipinski definition) is 32. The topological polar surface area (TPSA) is 649 Å². The van der Waals surface area contributed by atoms with Gasteiger partial charge in [-0.25, -0.2) is 4.79 Å². The number of likely N-dealkylation sites (N-methyl/N-ethyl adjacent to an activating group) is 1. The number of carbonyl (C=O) groups is 16. The summed E-state index contributed by atoms with van der Waals surface area (Å²) >= 11 is 9.38. The highest BCUT2D eigenvalue weighted by molar-refractivity contribution is 8.00. The molecule has 1 saturated heterocycles. The number of nitrogens with zero attached hydrogens (tertiary/aromatic N) is 1. The zero-order valence-corrected chi connectivity index (χ0v) is 72.9. The van der Waals surface area contributed by atoms with E-state index in [0.29, 0.717) is 38.6 Å². The standard InChI is InChI=1S/C74H124N18O29S3/c1-74(2,3)121-73(109)92-120-44-62(98)81-19-23-112-27-31-116-34-36-117-35-33-115-30-26-111-22-18-80-61(97)43-119-41-59(95)78-15-9-8-13-51-67(104)89-54(45-122)70(107)87-50(14-10-16-83-72(75)76)65(102)84-39-57(93)86-53(38-64(100)101)69(106)90-55(46-123)71(108)88-52(37-49-11-6-5-7-12-49)68(105)91-56(47-124-48-63(99)85-51)66(103)82-20-24-113-28-32-114-29-25-110-21-17-79-60(96)42-118-40-58(94)77-4/h5-7,11-12,50-56,122-123H,8-10,13-48H2,1-4H3,(H,77,94)(H,78,95)(H,79,96)(H,80,97)(H,81,98)(H,82,103)(H,84,102)(H,85,99)(H,86,93)(H,87,107)(H,88,108)(H,89,104)(H,90,106)(H,91,105)(H,92,109)(H,100,101)(H4,75,76,83)/t50-,51-,52-,53-,54-,55-,56-/m0/s1. The molecule has 1 aromatic carbocycles. The molecule has 1 aromatic rings. The molecular weight excluding hydrogens is 1700 g/mol. The number of benzene rings is 1. The minimum Gasteiger partial charge on any atom is -0.481 e. The monoisotopic (exact) mass is 1820 g/mol. The van der Waals surface area contributed by atoms with Crippen molar-refractivity contribution in [2.24, 2.45) is 16.5 Å². The summed E-state index contributed by atoms with van der Waals surface area (Å²) < 4.78 is 59.2. The van der Waals surface area contributed by atoms with E-state index in [1.54, 1.807) is 51.1 Å². The molecule has 0 bridgehead atoms. The van der Waals surface area contributed by atoms with Gasteiger partial charge in [0, 0.05) is 70.0 Å². The number of nitrogens with two attached hydrogens (primary N) is 2. The zero-order valence-electron chi connectivity index (χ0n) is 70.3. The highest BCUT2D eigenvalue weighted by Gasteiger charge is 2.35. The molecule has 0 unspecified atom stereocenters. The fourth-order valence-electron chi connectivity index (χ4n) is 10.0. The number of thioether (sulfide) groups is 1. The molecule has 0 radical (unpaired) electrons. The van der Waals surface area contributed by atoms with Crippen LogP contribution in [0.1, 0.15) is 64.9 Å². The fraction of sp³-hybridized carbons (Fsp3) is 0.689. The maximum Gasteiger partial charge on any atom is 0.431 e. The summed E-state index contributed by atoms with van der Waals surface area (Å²) in [6, 6.07) is -2.54. The molecule has 15 amide bonds. The van der Waals surface area contributed by atoms with E-state index >= 15 is 0 Å². The van der Waals surface area contributed by atoms with Gasteiger partial charge in [0.1, 0.15) is 74.3 Å². The molecule has 124 heavy (non-hydrogen) atoms. The zero-order chi connectivity index (χ0) is 91.6. The predicted octanol–water partition coefficient (Wildman–Crippen LogP) is -8.01. The van der Waals surface area contributed by atoms with Gasteiger partial charge in [-0.1, -0.05) is 30.3 Å². The molecule has 50 heteroatoms. The third-order valence-corrected chi connectivity index (χ3v) is 17.8. The van der Waals surface area contributed by atoms with Crippen molar-refractivity contribution < 1.29 is 139 Å². The van der Waals surface area contributed by atoms with Gasteiger partial charge in [0.05, 0.1) is 124 Å². The largest absolute Gasteiger partial charge is 0.481 e. The number of aliphatic carboxylic acids is 1. The lowest BCUT2D eigenvalue weighted by atomic mass is 10.0. The lowest BCUT2D eigenvalue weighted by Crippen LogP contribution is -2.60. The molecule has 2 rings (SSSR count). The molecule has 20 N–H and O–H groups in total. The van der Waals surface area contributed by atoms with Gasteiger partial charge >= 0.3 is 12.1 Å². The van der Waals surface area contributed by atoms with Crippen LogP contribution in [0.5, 0.6) is 0 Å². The average molecular weight is 1830 g/mol. The third-order valence-electron chi connectivity index (χ3n) is 16.1. The molecule has 0 spiro atoms. The molecule has 0 aliphatic carbocycles. The molecular formula is C74H124N18O29S3. The van der Waals surface area contributed by atoms with Gasteiger partial charge in [-0.15, -0.1) is 11.8 Å². The maximum absolute atomic E-state index is 14.6. The second-order valence-electron chi connectivity index (χ2n) is 27.5. The van der Waals surface area contributed by atoms with E-state index in [0.717, 1.165) is 11.8 Å². The van der Waals surface area contributed by atoms with Gasteiger partial charge in [-0.3, -0.25) is 81.7 Å². The first kappa shape index (κ1) is 110. The number of thiol groups is 2. The van der Waals surface area contributed by atoms with Crippen molar-refractivity contribution in [3.05, 3.63) is 35.9 Å². The van der Waals surface area contributed by atoms with Crippen molar-refractivity contribution in [1.29, 1.82) is 0 Å². The van der Waals surface area contributed by atoms with Crippen LogP contribution in [0, 0.1) is 0 Å². The Bertz CT molecular complexity index is 3430. The number of unbranched alkanes of at least 4 members (excludes halogenated alkanes) is 1. The first-order valence-electron chi connectivity index (χ1n) is 39.9. The second-order valence-corrected chi connectivity index (χ2v) is 29.3. The Morgan fingerprint density at radius 2 is 0.887 bits per heavy atom. The Morgan fingerprint density at radius 1 is 0.476 bits per heavy atom. The van der Waals surface area contributed by atoms with E-state index in [4.69, 9.17) is 68.4 Å². The number of hydrogen-bond donors (Lipinski definition) is 20. The Balaban J connectivity index is 2.15. The van der Waals surface area contributed by atoms with E-state index in [1.807, 2.05) is 5.48 Å².